The molecule has 0 amide bonds. The molecule has 0 radical (unpaired) electrons. The van der Waals surface area contributed by atoms with Gasteiger partial charge in [0.1, 0.15) is 5.82 Å². The first-order valence-electron chi connectivity index (χ1n) is 6.64. The molecular formula is C14H19N3O2. The third-order valence-corrected chi connectivity index (χ3v) is 3.73. The highest BCUT2D eigenvalue weighted by molar-refractivity contribution is 5.79. The second kappa shape index (κ2) is 5.09. The van der Waals surface area contributed by atoms with Gasteiger partial charge in [0.05, 0.1) is 25.3 Å². The van der Waals surface area contributed by atoms with Crippen LogP contribution in [0.1, 0.15) is 24.6 Å². The highest BCUT2D eigenvalue weighted by Gasteiger charge is 2.19. The number of hydrogen-bond acceptors (Lipinski definition) is 4. The summed E-state index contributed by atoms with van der Waals surface area (Å²) >= 11 is 0. The Morgan fingerprint density at radius 1 is 1.11 bits per heavy atom. The molecule has 0 spiro atoms. The number of H-pyrrole nitrogens is 1. The fraction of sp³-hybridized carbons (Fsp3) is 0.500. The van der Waals surface area contributed by atoms with Gasteiger partial charge in [-0.15, -0.1) is 0 Å². The predicted octanol–water partition coefficient (Wildman–Crippen LogP) is 2.05. The summed E-state index contributed by atoms with van der Waals surface area (Å²) in [7, 11) is 3.29. The first kappa shape index (κ1) is 12.3. The van der Waals surface area contributed by atoms with Crippen molar-refractivity contribution in [1.82, 2.24) is 15.3 Å². The Hall–Kier alpha value is -1.75. The Morgan fingerprint density at radius 2 is 1.79 bits per heavy atom. The van der Waals surface area contributed by atoms with Crippen molar-refractivity contribution in [1.29, 1.82) is 0 Å². The molecule has 0 unspecified atom stereocenters. The van der Waals surface area contributed by atoms with Crippen LogP contribution in [0.2, 0.25) is 0 Å². The van der Waals surface area contributed by atoms with Crippen molar-refractivity contribution in [2.24, 2.45) is 0 Å². The SMILES string of the molecule is COc1cc2nc(C3CCNCC3)[nH]c2cc1OC. The third-order valence-electron chi connectivity index (χ3n) is 3.73. The number of hydrogen-bond donors (Lipinski definition) is 2. The van der Waals surface area contributed by atoms with Crippen LogP contribution >= 0.6 is 0 Å². The van der Waals surface area contributed by atoms with E-state index in [1.165, 1.54) is 0 Å². The molecule has 0 bridgehead atoms. The molecule has 2 aromatic rings. The molecule has 2 N–H and O–H groups in total. The second-order valence-electron chi connectivity index (χ2n) is 4.87. The molecule has 1 fully saturated rings. The van der Waals surface area contributed by atoms with Crippen molar-refractivity contribution in [2.75, 3.05) is 27.3 Å². The number of nitrogens with zero attached hydrogens (tertiary/aromatic N) is 1. The molecule has 1 saturated heterocycles. The van der Waals surface area contributed by atoms with Gasteiger partial charge in [-0.3, -0.25) is 0 Å². The van der Waals surface area contributed by atoms with E-state index in [2.05, 4.69) is 10.3 Å². The maximum Gasteiger partial charge on any atom is 0.163 e. The van der Waals surface area contributed by atoms with Gasteiger partial charge < -0.3 is 19.8 Å². The summed E-state index contributed by atoms with van der Waals surface area (Å²) < 4.78 is 10.6. The van der Waals surface area contributed by atoms with Crippen LogP contribution in [0, 0.1) is 0 Å². The zero-order chi connectivity index (χ0) is 13.2. The monoisotopic (exact) mass is 261 g/mol. The number of aromatic amines is 1. The minimum atomic E-state index is 0.519. The molecule has 0 atom stereocenters. The molecule has 3 rings (SSSR count). The molecule has 19 heavy (non-hydrogen) atoms. The molecule has 102 valence electrons. The fourth-order valence-corrected chi connectivity index (χ4v) is 2.65. The van der Waals surface area contributed by atoms with Crippen LogP contribution in [-0.4, -0.2) is 37.3 Å². The number of piperidine rings is 1. The number of imidazole rings is 1. The summed E-state index contributed by atoms with van der Waals surface area (Å²) in [4.78, 5) is 8.12. The molecular weight excluding hydrogens is 242 g/mol. The van der Waals surface area contributed by atoms with Crippen molar-refractivity contribution >= 4 is 11.0 Å². The van der Waals surface area contributed by atoms with Gasteiger partial charge in [0.25, 0.3) is 0 Å². The van der Waals surface area contributed by atoms with Gasteiger partial charge in [-0.05, 0) is 25.9 Å². The van der Waals surface area contributed by atoms with Crippen LogP contribution in [0.5, 0.6) is 11.5 Å². The van der Waals surface area contributed by atoms with Gasteiger partial charge in [0.2, 0.25) is 0 Å². The number of nitrogens with one attached hydrogen (secondary N) is 2. The first-order chi connectivity index (χ1) is 9.31. The molecule has 1 aliphatic rings. The molecule has 1 aliphatic heterocycles. The zero-order valence-corrected chi connectivity index (χ0v) is 11.3. The second-order valence-corrected chi connectivity index (χ2v) is 4.87. The summed E-state index contributed by atoms with van der Waals surface area (Å²) in [6.45, 7) is 2.13. The topological polar surface area (TPSA) is 59.2 Å². The van der Waals surface area contributed by atoms with E-state index in [9.17, 15) is 0 Å². The van der Waals surface area contributed by atoms with E-state index in [4.69, 9.17) is 14.5 Å². The van der Waals surface area contributed by atoms with Crippen LogP contribution < -0.4 is 14.8 Å². The van der Waals surface area contributed by atoms with E-state index in [1.54, 1.807) is 14.2 Å². The lowest BCUT2D eigenvalue weighted by atomic mass is 9.98. The van der Waals surface area contributed by atoms with Gasteiger partial charge in [-0.2, -0.15) is 0 Å². The fourth-order valence-electron chi connectivity index (χ4n) is 2.65. The van der Waals surface area contributed by atoms with Gasteiger partial charge in [0.15, 0.2) is 11.5 Å². The number of benzene rings is 1. The normalized spacial score (nSPS) is 16.7. The third kappa shape index (κ3) is 2.26. The minimum Gasteiger partial charge on any atom is -0.493 e. The number of rotatable bonds is 3. The van der Waals surface area contributed by atoms with Crippen LogP contribution in [-0.2, 0) is 0 Å². The minimum absolute atomic E-state index is 0.519. The summed E-state index contributed by atoms with van der Waals surface area (Å²) in [6, 6.07) is 3.88. The van der Waals surface area contributed by atoms with E-state index in [-0.39, 0.29) is 0 Å². The number of methoxy groups -OCH3 is 2. The summed E-state index contributed by atoms with van der Waals surface area (Å²) in [5.41, 5.74) is 1.94. The van der Waals surface area contributed by atoms with Crippen molar-refractivity contribution in [3.05, 3.63) is 18.0 Å². The lowest BCUT2D eigenvalue weighted by Crippen LogP contribution is -2.27. The Morgan fingerprint density at radius 3 is 2.47 bits per heavy atom. The summed E-state index contributed by atoms with van der Waals surface area (Å²) in [5, 5.41) is 3.37. The lowest BCUT2D eigenvalue weighted by molar-refractivity contribution is 0.356. The van der Waals surface area contributed by atoms with Crippen molar-refractivity contribution < 1.29 is 9.47 Å². The largest absolute Gasteiger partial charge is 0.493 e. The Labute approximate surface area is 112 Å². The van der Waals surface area contributed by atoms with Gasteiger partial charge in [-0.1, -0.05) is 0 Å². The van der Waals surface area contributed by atoms with Crippen LogP contribution in [0.4, 0.5) is 0 Å². The van der Waals surface area contributed by atoms with Crippen LogP contribution in [0.25, 0.3) is 11.0 Å². The number of ether oxygens (including phenoxy) is 2. The quantitative estimate of drug-likeness (QED) is 0.887. The van der Waals surface area contributed by atoms with Crippen LogP contribution in [0.3, 0.4) is 0 Å². The first-order valence-corrected chi connectivity index (χ1v) is 6.64. The number of fused-ring (bicyclic) bond motifs is 1. The van der Waals surface area contributed by atoms with Gasteiger partial charge in [-0.25, -0.2) is 4.98 Å². The molecule has 1 aromatic carbocycles. The molecule has 5 nitrogen and oxygen atoms in total. The van der Waals surface area contributed by atoms with E-state index in [1.807, 2.05) is 12.1 Å². The maximum atomic E-state index is 5.32. The number of aromatic nitrogens is 2. The molecule has 0 aliphatic carbocycles. The predicted molar refractivity (Wildman–Crippen MR) is 74.0 cm³/mol. The van der Waals surface area contributed by atoms with E-state index in [0.717, 1.165) is 54.3 Å². The van der Waals surface area contributed by atoms with E-state index >= 15 is 0 Å². The molecule has 2 heterocycles. The Kier molecular flexibility index (Phi) is 3.29. The average Bonchev–Trinajstić information content (AvgIpc) is 2.89. The van der Waals surface area contributed by atoms with Gasteiger partial charge in [0, 0.05) is 18.1 Å². The van der Waals surface area contributed by atoms with Crippen molar-refractivity contribution in [3.8, 4) is 11.5 Å². The lowest BCUT2D eigenvalue weighted by Gasteiger charge is -2.20. The Balaban J connectivity index is 1.99. The van der Waals surface area contributed by atoms with E-state index < -0.39 is 0 Å². The molecule has 0 saturated carbocycles. The highest BCUT2D eigenvalue weighted by Crippen LogP contribution is 2.33. The van der Waals surface area contributed by atoms with Gasteiger partial charge >= 0.3 is 0 Å². The van der Waals surface area contributed by atoms with Crippen molar-refractivity contribution in [3.63, 3.8) is 0 Å². The summed E-state index contributed by atoms with van der Waals surface area (Å²) in [6.07, 6.45) is 2.27. The molecule has 1 aromatic heterocycles. The van der Waals surface area contributed by atoms with E-state index in [0.29, 0.717) is 5.92 Å². The highest BCUT2D eigenvalue weighted by atomic mass is 16.5. The Bertz CT molecular complexity index is 532. The maximum absolute atomic E-state index is 5.32. The summed E-state index contributed by atoms with van der Waals surface area (Å²) in [5.74, 6) is 3.05. The average molecular weight is 261 g/mol. The zero-order valence-electron chi connectivity index (χ0n) is 11.3. The standard InChI is InChI=1S/C14H19N3O2/c1-18-12-7-10-11(8-13(12)19-2)17-14(16-10)9-3-5-15-6-4-9/h7-9,15H,3-6H2,1-2H3,(H,16,17). The molecule has 5 heteroatoms. The van der Waals surface area contributed by atoms with Crippen molar-refractivity contribution in [2.45, 2.75) is 18.8 Å². The van der Waals surface area contributed by atoms with Crippen LogP contribution in [0.15, 0.2) is 12.1 Å². The smallest absolute Gasteiger partial charge is 0.163 e.